The lowest BCUT2D eigenvalue weighted by Gasteiger charge is -2.40. The van der Waals surface area contributed by atoms with Crippen molar-refractivity contribution in [3.63, 3.8) is 0 Å². The second kappa shape index (κ2) is 6.24. The number of ether oxygens (including phenoxy) is 2. The van der Waals surface area contributed by atoms with E-state index in [1.807, 2.05) is 20.8 Å². The van der Waals surface area contributed by atoms with Crippen LogP contribution in [-0.2, 0) is 9.47 Å². The van der Waals surface area contributed by atoms with E-state index in [-0.39, 0.29) is 6.09 Å². The van der Waals surface area contributed by atoms with Crippen molar-refractivity contribution in [3.8, 4) is 0 Å². The Labute approximate surface area is 116 Å². The Balaban J connectivity index is 2.69. The molecule has 1 saturated heterocycles. The molecule has 4 heteroatoms. The Morgan fingerprint density at radius 1 is 1.42 bits per heavy atom. The average Bonchev–Trinajstić information content (AvgIpc) is 2.34. The largest absolute Gasteiger partial charge is 0.444 e. The van der Waals surface area contributed by atoms with Crippen LogP contribution in [0.2, 0.25) is 0 Å². The number of rotatable bonds is 4. The highest BCUT2D eigenvalue weighted by atomic mass is 16.6. The van der Waals surface area contributed by atoms with Crippen molar-refractivity contribution >= 4 is 6.09 Å². The van der Waals surface area contributed by atoms with Crippen LogP contribution in [0.25, 0.3) is 0 Å². The SMILES string of the molecule is C=CCO[C@@]1(C=C)CCCN(C(=O)OC(C)(C)C)C1. The van der Waals surface area contributed by atoms with Crippen molar-refractivity contribution in [3.05, 3.63) is 25.3 Å². The lowest BCUT2D eigenvalue weighted by atomic mass is 9.93. The first kappa shape index (κ1) is 15.8. The molecule has 0 radical (unpaired) electrons. The maximum absolute atomic E-state index is 12.1. The summed E-state index contributed by atoms with van der Waals surface area (Å²) in [6, 6.07) is 0. The van der Waals surface area contributed by atoms with Crippen molar-refractivity contribution < 1.29 is 14.3 Å². The topological polar surface area (TPSA) is 38.8 Å². The Hall–Kier alpha value is -1.29. The first-order chi connectivity index (χ1) is 8.82. The summed E-state index contributed by atoms with van der Waals surface area (Å²) in [4.78, 5) is 13.8. The summed E-state index contributed by atoms with van der Waals surface area (Å²) < 4.78 is 11.2. The van der Waals surface area contributed by atoms with Crippen LogP contribution >= 0.6 is 0 Å². The van der Waals surface area contributed by atoms with Crippen LogP contribution in [0.5, 0.6) is 0 Å². The van der Waals surface area contributed by atoms with Crippen LogP contribution < -0.4 is 0 Å². The molecule has 1 fully saturated rings. The van der Waals surface area contributed by atoms with Gasteiger partial charge in [-0.15, -0.1) is 13.2 Å². The van der Waals surface area contributed by atoms with Crippen LogP contribution in [0.1, 0.15) is 33.6 Å². The van der Waals surface area contributed by atoms with E-state index in [2.05, 4.69) is 13.2 Å². The molecule has 4 nitrogen and oxygen atoms in total. The van der Waals surface area contributed by atoms with Gasteiger partial charge in [0.25, 0.3) is 0 Å². The third kappa shape index (κ3) is 4.71. The van der Waals surface area contributed by atoms with E-state index >= 15 is 0 Å². The van der Waals surface area contributed by atoms with E-state index in [0.717, 1.165) is 12.8 Å². The van der Waals surface area contributed by atoms with Crippen LogP contribution in [0.15, 0.2) is 25.3 Å². The second-order valence-electron chi connectivity index (χ2n) is 5.87. The Kier molecular flexibility index (Phi) is 5.18. The van der Waals surface area contributed by atoms with Crippen molar-refractivity contribution in [2.75, 3.05) is 19.7 Å². The summed E-state index contributed by atoms with van der Waals surface area (Å²) in [5, 5.41) is 0. The fourth-order valence-electron chi connectivity index (χ4n) is 2.10. The maximum Gasteiger partial charge on any atom is 0.410 e. The molecule has 1 rings (SSSR count). The maximum atomic E-state index is 12.1. The van der Waals surface area contributed by atoms with Gasteiger partial charge >= 0.3 is 6.09 Å². The molecule has 1 amide bonds. The summed E-state index contributed by atoms with van der Waals surface area (Å²) in [5.74, 6) is 0. The fourth-order valence-corrected chi connectivity index (χ4v) is 2.10. The van der Waals surface area contributed by atoms with Crippen molar-refractivity contribution in [2.24, 2.45) is 0 Å². The Morgan fingerprint density at radius 3 is 2.63 bits per heavy atom. The summed E-state index contributed by atoms with van der Waals surface area (Å²) in [6.45, 7) is 14.7. The molecule has 0 N–H and O–H groups in total. The standard InChI is InChI=1S/C15H25NO3/c1-6-11-18-15(7-2)9-8-10-16(12-15)13(17)19-14(3,4)5/h6-7H,1-2,8-12H2,3-5H3/t15-/m0/s1. The third-order valence-corrected chi connectivity index (χ3v) is 3.00. The minimum Gasteiger partial charge on any atom is -0.444 e. The van der Waals surface area contributed by atoms with Gasteiger partial charge in [-0.1, -0.05) is 12.2 Å². The van der Waals surface area contributed by atoms with Gasteiger partial charge in [0.15, 0.2) is 0 Å². The van der Waals surface area contributed by atoms with Crippen LogP contribution in [-0.4, -0.2) is 41.9 Å². The molecule has 1 aliphatic heterocycles. The zero-order valence-electron chi connectivity index (χ0n) is 12.3. The van der Waals surface area contributed by atoms with Crippen LogP contribution in [0.3, 0.4) is 0 Å². The molecule has 0 aromatic carbocycles. The van der Waals surface area contributed by atoms with Gasteiger partial charge in [-0.25, -0.2) is 4.79 Å². The highest BCUT2D eigenvalue weighted by molar-refractivity contribution is 5.68. The molecular formula is C15H25NO3. The molecule has 0 spiro atoms. The Morgan fingerprint density at radius 2 is 2.11 bits per heavy atom. The van der Waals surface area contributed by atoms with Gasteiger partial charge in [0, 0.05) is 6.54 Å². The lowest BCUT2D eigenvalue weighted by molar-refractivity contribution is -0.0520. The molecule has 0 aliphatic carbocycles. The monoisotopic (exact) mass is 267 g/mol. The summed E-state index contributed by atoms with van der Waals surface area (Å²) in [5.41, 5.74) is -0.962. The summed E-state index contributed by atoms with van der Waals surface area (Å²) in [6.07, 6.45) is 4.94. The molecule has 1 atom stereocenters. The quantitative estimate of drug-likeness (QED) is 0.734. The average molecular weight is 267 g/mol. The van der Waals surface area contributed by atoms with Gasteiger partial charge in [0.1, 0.15) is 11.2 Å². The number of amides is 1. The van der Waals surface area contributed by atoms with Gasteiger partial charge < -0.3 is 14.4 Å². The van der Waals surface area contributed by atoms with E-state index in [1.54, 1.807) is 17.1 Å². The number of likely N-dealkylation sites (tertiary alicyclic amines) is 1. The van der Waals surface area contributed by atoms with E-state index in [1.165, 1.54) is 0 Å². The molecule has 108 valence electrons. The van der Waals surface area contributed by atoms with Gasteiger partial charge in [-0.3, -0.25) is 0 Å². The fraction of sp³-hybridized carbons (Fsp3) is 0.667. The van der Waals surface area contributed by atoms with Crippen LogP contribution in [0, 0.1) is 0 Å². The number of carbonyl (C=O) groups excluding carboxylic acids is 1. The number of hydrogen-bond donors (Lipinski definition) is 0. The molecule has 1 heterocycles. The zero-order valence-corrected chi connectivity index (χ0v) is 12.3. The minimum atomic E-state index is -0.483. The molecule has 19 heavy (non-hydrogen) atoms. The molecule has 0 bridgehead atoms. The smallest absolute Gasteiger partial charge is 0.410 e. The normalized spacial score (nSPS) is 23.8. The van der Waals surface area contributed by atoms with Crippen molar-refractivity contribution in [1.82, 2.24) is 4.90 Å². The zero-order chi connectivity index (χ0) is 14.5. The minimum absolute atomic E-state index is 0.291. The summed E-state index contributed by atoms with van der Waals surface area (Å²) >= 11 is 0. The van der Waals surface area contributed by atoms with Gasteiger partial charge in [0.2, 0.25) is 0 Å². The highest BCUT2D eigenvalue weighted by Crippen LogP contribution is 2.27. The van der Waals surface area contributed by atoms with E-state index in [0.29, 0.717) is 19.7 Å². The van der Waals surface area contributed by atoms with E-state index in [4.69, 9.17) is 9.47 Å². The third-order valence-electron chi connectivity index (χ3n) is 3.00. The number of carbonyl (C=O) groups is 1. The van der Waals surface area contributed by atoms with Crippen molar-refractivity contribution in [1.29, 1.82) is 0 Å². The van der Waals surface area contributed by atoms with Crippen molar-refractivity contribution in [2.45, 2.75) is 44.8 Å². The molecule has 0 unspecified atom stereocenters. The first-order valence-electron chi connectivity index (χ1n) is 6.68. The number of nitrogens with zero attached hydrogens (tertiary/aromatic N) is 1. The molecular weight excluding hydrogens is 242 g/mol. The number of piperidine rings is 1. The second-order valence-corrected chi connectivity index (χ2v) is 5.87. The van der Waals surface area contributed by atoms with Gasteiger partial charge in [0.05, 0.1) is 13.2 Å². The predicted octanol–water partition coefficient (Wildman–Crippen LogP) is 3.14. The highest BCUT2D eigenvalue weighted by Gasteiger charge is 2.36. The first-order valence-corrected chi connectivity index (χ1v) is 6.68. The van der Waals surface area contributed by atoms with E-state index in [9.17, 15) is 4.79 Å². The van der Waals surface area contributed by atoms with Crippen LogP contribution in [0.4, 0.5) is 4.79 Å². The predicted molar refractivity (Wildman–Crippen MR) is 76.1 cm³/mol. The molecule has 0 aromatic heterocycles. The van der Waals surface area contributed by atoms with Gasteiger partial charge in [-0.05, 0) is 33.6 Å². The number of hydrogen-bond acceptors (Lipinski definition) is 3. The Bertz CT molecular complexity index is 346. The lowest BCUT2D eigenvalue weighted by Crippen LogP contribution is -2.51. The molecule has 0 saturated carbocycles. The van der Waals surface area contributed by atoms with Gasteiger partial charge in [-0.2, -0.15) is 0 Å². The summed E-state index contributed by atoms with van der Waals surface area (Å²) in [7, 11) is 0. The molecule has 1 aliphatic rings. The van der Waals surface area contributed by atoms with E-state index < -0.39 is 11.2 Å². The molecule has 0 aromatic rings.